The van der Waals surface area contributed by atoms with Crippen LogP contribution in [-0.2, 0) is 9.47 Å². The summed E-state index contributed by atoms with van der Waals surface area (Å²) in [4.78, 5) is 10.9. The number of carbonyl (C=O) groups excluding carboxylic acids is 1. The Balaban J connectivity index is 2.09. The van der Waals surface area contributed by atoms with Gasteiger partial charge in [0.2, 0.25) is 0 Å². The average Bonchev–Trinajstić information content (AvgIpc) is 1.77. The standard InChI is InChI=1S/C7H13NO3/c1-5(2)11-7(9)8-6-3-10-4-6/h5-6H,3-4H2,1-2H3,(H,8,9). The highest BCUT2D eigenvalue weighted by Gasteiger charge is 2.21. The molecule has 1 amide bonds. The summed E-state index contributed by atoms with van der Waals surface area (Å²) >= 11 is 0. The molecule has 0 atom stereocenters. The van der Waals surface area contributed by atoms with Gasteiger partial charge in [-0.3, -0.25) is 0 Å². The van der Waals surface area contributed by atoms with Gasteiger partial charge in [0.25, 0.3) is 0 Å². The molecular weight excluding hydrogens is 146 g/mol. The zero-order valence-corrected chi connectivity index (χ0v) is 6.79. The first-order chi connectivity index (χ1) is 5.18. The minimum atomic E-state index is -0.353. The van der Waals surface area contributed by atoms with Crippen molar-refractivity contribution in [3.05, 3.63) is 0 Å². The molecule has 4 heteroatoms. The lowest BCUT2D eigenvalue weighted by Crippen LogP contribution is -2.49. The third-order valence-corrected chi connectivity index (χ3v) is 1.30. The molecule has 1 aliphatic heterocycles. The molecule has 1 N–H and O–H groups in total. The van der Waals surface area contributed by atoms with Crippen molar-refractivity contribution in [2.24, 2.45) is 0 Å². The third kappa shape index (κ3) is 2.76. The highest BCUT2D eigenvalue weighted by Crippen LogP contribution is 2.00. The molecule has 0 aliphatic carbocycles. The van der Waals surface area contributed by atoms with Gasteiger partial charge in [-0.1, -0.05) is 0 Å². The number of amides is 1. The molecule has 0 radical (unpaired) electrons. The first kappa shape index (κ1) is 8.33. The first-order valence-electron chi connectivity index (χ1n) is 3.73. The van der Waals surface area contributed by atoms with E-state index in [2.05, 4.69) is 5.32 Å². The summed E-state index contributed by atoms with van der Waals surface area (Å²) in [6, 6.07) is 0.154. The maximum Gasteiger partial charge on any atom is 0.407 e. The summed E-state index contributed by atoms with van der Waals surface area (Å²) in [5, 5.41) is 2.66. The lowest BCUT2D eigenvalue weighted by Gasteiger charge is -2.26. The minimum absolute atomic E-state index is 0.0593. The quantitative estimate of drug-likeness (QED) is 0.639. The highest BCUT2D eigenvalue weighted by atomic mass is 16.6. The Hall–Kier alpha value is -0.770. The van der Waals surface area contributed by atoms with Crippen LogP contribution in [0, 0.1) is 0 Å². The van der Waals surface area contributed by atoms with Gasteiger partial charge in [-0.25, -0.2) is 4.79 Å². The monoisotopic (exact) mass is 159 g/mol. The van der Waals surface area contributed by atoms with Gasteiger partial charge in [-0.2, -0.15) is 0 Å². The molecule has 4 nitrogen and oxygen atoms in total. The summed E-state index contributed by atoms with van der Waals surface area (Å²) in [6.45, 7) is 4.84. The molecule has 0 aromatic rings. The minimum Gasteiger partial charge on any atom is -0.447 e. The van der Waals surface area contributed by atoms with Gasteiger partial charge in [0, 0.05) is 0 Å². The van der Waals surface area contributed by atoms with Crippen molar-refractivity contribution in [2.75, 3.05) is 13.2 Å². The first-order valence-corrected chi connectivity index (χ1v) is 3.73. The Bertz CT molecular complexity index is 143. The Labute approximate surface area is 65.9 Å². The zero-order chi connectivity index (χ0) is 8.27. The van der Waals surface area contributed by atoms with E-state index in [1.54, 1.807) is 0 Å². The maximum absolute atomic E-state index is 10.9. The highest BCUT2D eigenvalue weighted by molar-refractivity contribution is 5.67. The van der Waals surface area contributed by atoms with E-state index < -0.39 is 0 Å². The van der Waals surface area contributed by atoms with E-state index in [1.807, 2.05) is 13.8 Å². The van der Waals surface area contributed by atoms with Gasteiger partial charge in [0.1, 0.15) is 0 Å². The van der Waals surface area contributed by atoms with Crippen LogP contribution < -0.4 is 5.32 Å². The van der Waals surface area contributed by atoms with Crippen LogP contribution in [-0.4, -0.2) is 31.5 Å². The second-order valence-corrected chi connectivity index (χ2v) is 2.83. The van der Waals surface area contributed by atoms with Crippen molar-refractivity contribution >= 4 is 6.09 Å². The van der Waals surface area contributed by atoms with E-state index in [-0.39, 0.29) is 18.2 Å². The lowest BCUT2D eigenvalue weighted by molar-refractivity contribution is -0.00730. The molecule has 1 rings (SSSR count). The van der Waals surface area contributed by atoms with Gasteiger partial charge in [0.15, 0.2) is 0 Å². The number of alkyl carbamates (subject to hydrolysis) is 1. The fourth-order valence-corrected chi connectivity index (χ4v) is 0.734. The smallest absolute Gasteiger partial charge is 0.407 e. The molecular formula is C7H13NO3. The van der Waals surface area contributed by atoms with E-state index in [1.165, 1.54) is 0 Å². The normalized spacial score (nSPS) is 17.7. The molecule has 1 heterocycles. The molecule has 1 aliphatic rings. The summed E-state index contributed by atoms with van der Waals surface area (Å²) in [5.74, 6) is 0. The van der Waals surface area contributed by atoms with Crippen LogP contribution in [0.15, 0.2) is 0 Å². The Morgan fingerprint density at radius 3 is 2.64 bits per heavy atom. The van der Waals surface area contributed by atoms with Crippen LogP contribution in [0.3, 0.4) is 0 Å². The van der Waals surface area contributed by atoms with Crippen LogP contribution in [0.5, 0.6) is 0 Å². The molecule has 0 bridgehead atoms. The lowest BCUT2D eigenvalue weighted by atomic mass is 10.3. The van der Waals surface area contributed by atoms with E-state index >= 15 is 0 Å². The molecule has 11 heavy (non-hydrogen) atoms. The van der Waals surface area contributed by atoms with Crippen molar-refractivity contribution in [3.8, 4) is 0 Å². The van der Waals surface area contributed by atoms with Gasteiger partial charge < -0.3 is 14.8 Å². The second kappa shape index (κ2) is 3.57. The largest absolute Gasteiger partial charge is 0.447 e. The summed E-state index contributed by atoms with van der Waals surface area (Å²) in [5.41, 5.74) is 0. The van der Waals surface area contributed by atoms with Crippen LogP contribution in [0.1, 0.15) is 13.8 Å². The summed E-state index contributed by atoms with van der Waals surface area (Å²) < 4.78 is 9.72. The fraction of sp³-hybridized carbons (Fsp3) is 0.857. The number of rotatable bonds is 2. The molecule has 0 aromatic heterocycles. The number of hydrogen-bond donors (Lipinski definition) is 1. The number of hydrogen-bond acceptors (Lipinski definition) is 3. The number of ether oxygens (including phenoxy) is 2. The van der Waals surface area contributed by atoms with Crippen LogP contribution in [0.25, 0.3) is 0 Å². The Kier molecular flexibility index (Phi) is 2.70. The molecule has 64 valence electrons. The second-order valence-electron chi connectivity index (χ2n) is 2.83. The maximum atomic E-state index is 10.9. The fourth-order valence-electron chi connectivity index (χ4n) is 0.734. The van der Waals surface area contributed by atoms with Gasteiger partial charge >= 0.3 is 6.09 Å². The predicted octanol–water partition coefficient (Wildman–Crippen LogP) is 0.520. The molecule has 0 saturated carbocycles. The van der Waals surface area contributed by atoms with Crippen LogP contribution in [0.2, 0.25) is 0 Å². The Morgan fingerprint density at radius 1 is 1.64 bits per heavy atom. The van der Waals surface area contributed by atoms with E-state index in [0.717, 1.165) is 0 Å². The van der Waals surface area contributed by atoms with E-state index in [4.69, 9.17) is 9.47 Å². The van der Waals surface area contributed by atoms with Crippen molar-refractivity contribution < 1.29 is 14.3 Å². The molecule has 1 saturated heterocycles. The van der Waals surface area contributed by atoms with Crippen molar-refractivity contribution in [1.29, 1.82) is 0 Å². The molecule has 0 aromatic carbocycles. The molecule has 0 spiro atoms. The number of nitrogens with one attached hydrogen (secondary N) is 1. The predicted molar refractivity (Wildman–Crippen MR) is 39.4 cm³/mol. The topological polar surface area (TPSA) is 47.6 Å². The SMILES string of the molecule is CC(C)OC(=O)NC1COC1. The third-order valence-electron chi connectivity index (χ3n) is 1.30. The zero-order valence-electron chi connectivity index (χ0n) is 6.79. The van der Waals surface area contributed by atoms with E-state index in [9.17, 15) is 4.79 Å². The van der Waals surface area contributed by atoms with E-state index in [0.29, 0.717) is 13.2 Å². The van der Waals surface area contributed by atoms with Gasteiger partial charge in [-0.05, 0) is 13.8 Å². The van der Waals surface area contributed by atoms with Crippen LogP contribution in [0.4, 0.5) is 4.79 Å². The average molecular weight is 159 g/mol. The van der Waals surface area contributed by atoms with Gasteiger partial charge in [0.05, 0.1) is 25.4 Å². The summed E-state index contributed by atoms with van der Waals surface area (Å²) in [6.07, 6.45) is -0.413. The molecule has 1 fully saturated rings. The summed E-state index contributed by atoms with van der Waals surface area (Å²) in [7, 11) is 0. The van der Waals surface area contributed by atoms with Crippen molar-refractivity contribution in [1.82, 2.24) is 5.32 Å². The van der Waals surface area contributed by atoms with Crippen molar-refractivity contribution in [3.63, 3.8) is 0 Å². The van der Waals surface area contributed by atoms with Crippen molar-refractivity contribution in [2.45, 2.75) is 26.0 Å². The van der Waals surface area contributed by atoms with Gasteiger partial charge in [-0.15, -0.1) is 0 Å². The number of carbonyl (C=O) groups is 1. The Morgan fingerprint density at radius 2 is 2.27 bits per heavy atom. The molecule has 0 unspecified atom stereocenters. The van der Waals surface area contributed by atoms with Crippen LogP contribution >= 0.6 is 0 Å².